The quantitative estimate of drug-likeness (QED) is 0.848. The van der Waals surface area contributed by atoms with Gasteiger partial charge in [-0.05, 0) is 35.2 Å². The van der Waals surface area contributed by atoms with E-state index >= 15 is 0 Å². The Balaban J connectivity index is 1.41. The smallest absolute Gasteiger partial charge is 0.254 e. The summed E-state index contributed by atoms with van der Waals surface area (Å²) < 4.78 is 11.5. The van der Waals surface area contributed by atoms with Crippen molar-refractivity contribution < 1.29 is 14.3 Å². The summed E-state index contributed by atoms with van der Waals surface area (Å²) in [5.41, 5.74) is 2.98. The molecule has 3 heterocycles. The second kappa shape index (κ2) is 7.76. The summed E-state index contributed by atoms with van der Waals surface area (Å²) in [5, 5.41) is 3.30. The highest BCUT2D eigenvalue weighted by molar-refractivity contribution is 5.95. The van der Waals surface area contributed by atoms with E-state index in [-0.39, 0.29) is 11.3 Å². The predicted octanol–water partition coefficient (Wildman–Crippen LogP) is 4.10. The van der Waals surface area contributed by atoms with E-state index in [9.17, 15) is 4.79 Å². The Labute approximate surface area is 172 Å². The number of nitrogens with one attached hydrogen (secondary N) is 1. The molecule has 1 amide bonds. The highest BCUT2D eigenvalue weighted by Crippen LogP contribution is 2.32. The van der Waals surface area contributed by atoms with Crippen LogP contribution >= 0.6 is 0 Å². The number of amides is 1. The lowest BCUT2D eigenvalue weighted by Gasteiger charge is -2.37. The molecule has 154 valence electrons. The minimum Gasteiger partial charge on any atom is -0.347 e. The van der Waals surface area contributed by atoms with E-state index in [1.54, 1.807) is 12.3 Å². The molecule has 0 aliphatic carbocycles. The maximum Gasteiger partial charge on any atom is 0.254 e. The van der Waals surface area contributed by atoms with Crippen molar-refractivity contribution in [2.45, 2.75) is 44.8 Å². The van der Waals surface area contributed by atoms with Crippen molar-refractivity contribution in [1.29, 1.82) is 0 Å². The van der Waals surface area contributed by atoms with Gasteiger partial charge in [0.1, 0.15) is 5.82 Å². The molecule has 0 radical (unpaired) electrons. The highest BCUT2D eigenvalue weighted by atomic mass is 16.7. The fourth-order valence-electron chi connectivity index (χ4n) is 3.85. The fourth-order valence-corrected chi connectivity index (χ4v) is 3.85. The predicted molar refractivity (Wildman–Crippen MR) is 112 cm³/mol. The summed E-state index contributed by atoms with van der Waals surface area (Å²) in [5.74, 6) is 0.211. The van der Waals surface area contributed by atoms with Gasteiger partial charge in [-0.15, -0.1) is 0 Å². The summed E-state index contributed by atoms with van der Waals surface area (Å²) in [6.07, 6.45) is 3.11. The Kier molecular flexibility index (Phi) is 5.32. The van der Waals surface area contributed by atoms with E-state index in [1.807, 2.05) is 23.1 Å². The molecular weight excluding hydrogens is 366 g/mol. The van der Waals surface area contributed by atoms with Crippen molar-refractivity contribution in [2.24, 2.45) is 0 Å². The Hall–Kier alpha value is -2.44. The molecular formula is C23H29N3O3. The number of rotatable bonds is 3. The van der Waals surface area contributed by atoms with Gasteiger partial charge >= 0.3 is 0 Å². The van der Waals surface area contributed by atoms with Crippen molar-refractivity contribution in [2.75, 3.05) is 31.6 Å². The van der Waals surface area contributed by atoms with Crippen molar-refractivity contribution in [3.05, 3.63) is 53.7 Å². The number of pyridine rings is 1. The molecule has 0 atom stereocenters. The molecule has 6 heteroatoms. The van der Waals surface area contributed by atoms with Gasteiger partial charge in [-0.1, -0.05) is 32.9 Å². The average molecular weight is 396 g/mol. The zero-order chi connectivity index (χ0) is 20.5. The van der Waals surface area contributed by atoms with Crippen LogP contribution in [0.3, 0.4) is 0 Å². The molecule has 0 bridgehead atoms. The third kappa shape index (κ3) is 4.43. The average Bonchev–Trinajstić information content (AvgIpc) is 3.16. The minimum atomic E-state index is -0.471. The topological polar surface area (TPSA) is 63.7 Å². The van der Waals surface area contributed by atoms with Crippen LogP contribution in [0.1, 0.15) is 49.5 Å². The van der Waals surface area contributed by atoms with Crippen LogP contribution in [-0.2, 0) is 14.9 Å². The molecule has 2 fully saturated rings. The molecule has 0 unspecified atom stereocenters. The van der Waals surface area contributed by atoms with Crippen LogP contribution in [0.5, 0.6) is 0 Å². The second-order valence-electron chi connectivity index (χ2n) is 8.78. The standard InChI is InChI=1S/C23H29N3O3/c1-22(2,3)18-4-6-19(7-5-18)25-20-16-17(8-11-24-20)21(27)26-12-9-23(10-13-26)28-14-15-29-23/h4-8,11,16H,9-10,12-15H2,1-3H3,(H,24,25). The van der Waals surface area contributed by atoms with E-state index in [1.165, 1.54) is 5.56 Å². The zero-order valence-corrected chi connectivity index (χ0v) is 17.4. The third-order valence-corrected chi connectivity index (χ3v) is 5.66. The summed E-state index contributed by atoms with van der Waals surface area (Å²) in [6, 6.07) is 11.9. The lowest BCUT2D eigenvalue weighted by atomic mass is 9.87. The molecule has 2 saturated heterocycles. The van der Waals surface area contributed by atoms with Gasteiger partial charge in [-0.2, -0.15) is 0 Å². The number of anilines is 2. The first-order valence-electron chi connectivity index (χ1n) is 10.3. The molecule has 29 heavy (non-hydrogen) atoms. The molecule has 1 aromatic heterocycles. The van der Waals surface area contributed by atoms with Crippen LogP contribution in [0.4, 0.5) is 11.5 Å². The Morgan fingerprint density at radius 1 is 1.07 bits per heavy atom. The third-order valence-electron chi connectivity index (χ3n) is 5.66. The van der Waals surface area contributed by atoms with Crippen LogP contribution < -0.4 is 5.32 Å². The van der Waals surface area contributed by atoms with Crippen LogP contribution in [-0.4, -0.2) is 47.9 Å². The number of likely N-dealkylation sites (tertiary alicyclic amines) is 1. The normalized spacial score (nSPS) is 18.8. The largest absolute Gasteiger partial charge is 0.347 e. The second-order valence-corrected chi connectivity index (χ2v) is 8.78. The van der Waals surface area contributed by atoms with E-state index < -0.39 is 5.79 Å². The molecule has 6 nitrogen and oxygen atoms in total. The van der Waals surface area contributed by atoms with Crippen molar-refractivity contribution in [3.8, 4) is 0 Å². The van der Waals surface area contributed by atoms with E-state index in [4.69, 9.17) is 9.47 Å². The number of benzene rings is 1. The number of aromatic nitrogens is 1. The van der Waals surface area contributed by atoms with Gasteiger partial charge in [0, 0.05) is 43.4 Å². The summed E-state index contributed by atoms with van der Waals surface area (Å²) in [4.78, 5) is 19.2. The molecule has 1 N–H and O–H groups in total. The lowest BCUT2D eigenvalue weighted by Crippen LogP contribution is -2.47. The molecule has 0 saturated carbocycles. The van der Waals surface area contributed by atoms with E-state index in [0.29, 0.717) is 37.7 Å². The number of ether oxygens (including phenoxy) is 2. The number of hydrogen-bond donors (Lipinski definition) is 1. The van der Waals surface area contributed by atoms with Crippen molar-refractivity contribution in [1.82, 2.24) is 9.88 Å². The Morgan fingerprint density at radius 2 is 1.72 bits per heavy atom. The van der Waals surface area contributed by atoms with Gasteiger partial charge in [0.2, 0.25) is 0 Å². The monoisotopic (exact) mass is 395 g/mol. The lowest BCUT2D eigenvalue weighted by molar-refractivity contribution is -0.181. The first-order chi connectivity index (χ1) is 13.8. The number of piperidine rings is 1. The molecule has 2 aliphatic heterocycles. The molecule has 1 aromatic carbocycles. The van der Waals surface area contributed by atoms with Gasteiger partial charge in [-0.3, -0.25) is 4.79 Å². The van der Waals surface area contributed by atoms with Gasteiger partial charge < -0.3 is 19.7 Å². The van der Waals surface area contributed by atoms with Crippen LogP contribution in [0.2, 0.25) is 0 Å². The fraction of sp³-hybridized carbons (Fsp3) is 0.478. The molecule has 4 rings (SSSR count). The van der Waals surface area contributed by atoms with E-state index in [0.717, 1.165) is 18.5 Å². The molecule has 2 aromatic rings. The summed E-state index contributed by atoms with van der Waals surface area (Å²) in [7, 11) is 0. The maximum absolute atomic E-state index is 13.0. The number of carbonyl (C=O) groups is 1. The van der Waals surface area contributed by atoms with Crippen LogP contribution in [0.25, 0.3) is 0 Å². The first-order valence-corrected chi connectivity index (χ1v) is 10.3. The summed E-state index contributed by atoms with van der Waals surface area (Å²) >= 11 is 0. The van der Waals surface area contributed by atoms with Crippen molar-refractivity contribution >= 4 is 17.4 Å². The number of hydrogen-bond acceptors (Lipinski definition) is 5. The van der Waals surface area contributed by atoms with Crippen molar-refractivity contribution in [3.63, 3.8) is 0 Å². The summed E-state index contributed by atoms with van der Waals surface area (Å²) in [6.45, 7) is 9.14. The van der Waals surface area contributed by atoms with E-state index in [2.05, 4.69) is 43.2 Å². The molecule has 1 spiro atoms. The van der Waals surface area contributed by atoms with Crippen LogP contribution in [0, 0.1) is 0 Å². The van der Waals surface area contributed by atoms with Gasteiger partial charge in [-0.25, -0.2) is 4.98 Å². The van der Waals surface area contributed by atoms with Gasteiger partial charge in [0.25, 0.3) is 5.91 Å². The first kappa shape index (κ1) is 19.9. The van der Waals surface area contributed by atoms with Gasteiger partial charge in [0.05, 0.1) is 13.2 Å². The minimum absolute atomic E-state index is 0.0198. The Morgan fingerprint density at radius 3 is 2.34 bits per heavy atom. The Bertz CT molecular complexity index is 858. The number of nitrogens with zero attached hydrogens (tertiary/aromatic N) is 2. The number of carbonyl (C=O) groups excluding carboxylic acids is 1. The van der Waals surface area contributed by atoms with Gasteiger partial charge in [0.15, 0.2) is 5.79 Å². The SMILES string of the molecule is CC(C)(C)c1ccc(Nc2cc(C(=O)N3CCC4(CC3)OCCO4)ccn2)cc1. The maximum atomic E-state index is 13.0. The highest BCUT2D eigenvalue weighted by Gasteiger charge is 2.40. The molecule has 2 aliphatic rings. The zero-order valence-electron chi connectivity index (χ0n) is 17.4. The van der Waals surface area contributed by atoms with Crippen LogP contribution in [0.15, 0.2) is 42.6 Å².